The van der Waals surface area contributed by atoms with Crippen molar-refractivity contribution in [3.05, 3.63) is 65.0 Å². The van der Waals surface area contributed by atoms with E-state index in [-0.39, 0.29) is 5.88 Å². The summed E-state index contributed by atoms with van der Waals surface area (Å²) in [6.07, 6.45) is 0. The Labute approximate surface area is 126 Å². The molecule has 0 fully saturated rings. The first kappa shape index (κ1) is 14.0. The Kier molecular flexibility index (Phi) is 3.64. The van der Waals surface area contributed by atoms with Gasteiger partial charge in [0.05, 0.1) is 16.9 Å². The number of aryl methyl sites for hydroxylation is 1. The fraction of sp³-hybridized carbons (Fsp3) is 0.188. The second-order valence-electron chi connectivity index (χ2n) is 4.99. The number of alkyl halides is 1. The lowest BCUT2D eigenvalue weighted by Gasteiger charge is -2.08. The average molecular weight is 307 g/mol. The highest BCUT2D eigenvalue weighted by Crippen LogP contribution is 2.21. The van der Waals surface area contributed by atoms with Crippen LogP contribution in [0, 0.1) is 18.6 Å². The minimum atomic E-state index is -0.847. The molecule has 2 nitrogen and oxygen atoms in total. The second-order valence-corrected chi connectivity index (χ2v) is 5.26. The molecule has 5 heteroatoms. The summed E-state index contributed by atoms with van der Waals surface area (Å²) in [5.41, 5.74) is 3.57. The first-order chi connectivity index (χ1) is 10.1. The summed E-state index contributed by atoms with van der Waals surface area (Å²) < 4.78 is 28.3. The topological polar surface area (TPSA) is 17.8 Å². The number of hydrogen-bond donors (Lipinski definition) is 0. The van der Waals surface area contributed by atoms with Crippen LogP contribution in [0.5, 0.6) is 0 Å². The smallest absolute Gasteiger partial charge is 0.159 e. The van der Waals surface area contributed by atoms with E-state index in [9.17, 15) is 8.78 Å². The molecule has 108 valence electrons. The molecule has 0 aliphatic heterocycles. The van der Waals surface area contributed by atoms with Gasteiger partial charge in [-0.15, -0.1) is 11.6 Å². The summed E-state index contributed by atoms with van der Waals surface area (Å²) >= 11 is 5.95. The van der Waals surface area contributed by atoms with Gasteiger partial charge < -0.3 is 4.57 Å². The van der Waals surface area contributed by atoms with Crippen molar-refractivity contribution in [2.24, 2.45) is 0 Å². The lowest BCUT2D eigenvalue weighted by molar-refractivity contribution is 0.506. The third-order valence-corrected chi connectivity index (χ3v) is 3.67. The van der Waals surface area contributed by atoms with Crippen LogP contribution in [0.1, 0.15) is 17.0 Å². The van der Waals surface area contributed by atoms with E-state index in [1.807, 2.05) is 29.7 Å². The lowest BCUT2D eigenvalue weighted by atomic mass is 10.2. The van der Waals surface area contributed by atoms with Crippen molar-refractivity contribution in [1.29, 1.82) is 0 Å². The first-order valence-corrected chi connectivity index (χ1v) is 7.07. The third-order valence-electron chi connectivity index (χ3n) is 3.43. The molecule has 1 aromatic heterocycles. The van der Waals surface area contributed by atoms with Gasteiger partial charge in [0.25, 0.3) is 0 Å². The largest absolute Gasteiger partial charge is 0.322 e. The predicted molar refractivity (Wildman–Crippen MR) is 79.5 cm³/mol. The number of hydrogen-bond acceptors (Lipinski definition) is 1. The Hall–Kier alpha value is -1.94. The van der Waals surface area contributed by atoms with Crippen LogP contribution in [0.15, 0.2) is 36.4 Å². The van der Waals surface area contributed by atoms with E-state index < -0.39 is 11.6 Å². The summed E-state index contributed by atoms with van der Waals surface area (Å²) in [5, 5.41) is 0. The Balaban J connectivity index is 2.08. The van der Waals surface area contributed by atoms with Gasteiger partial charge in [0.2, 0.25) is 0 Å². The van der Waals surface area contributed by atoms with Gasteiger partial charge in [-0.1, -0.05) is 12.1 Å². The van der Waals surface area contributed by atoms with E-state index >= 15 is 0 Å². The van der Waals surface area contributed by atoms with Crippen LogP contribution in [0.3, 0.4) is 0 Å². The minimum Gasteiger partial charge on any atom is -0.322 e. The van der Waals surface area contributed by atoms with Crippen molar-refractivity contribution in [2.45, 2.75) is 19.3 Å². The quantitative estimate of drug-likeness (QED) is 0.655. The number of halogens is 3. The van der Waals surface area contributed by atoms with E-state index in [1.54, 1.807) is 6.07 Å². The zero-order chi connectivity index (χ0) is 15.0. The number of imidazole rings is 1. The van der Waals surface area contributed by atoms with E-state index in [2.05, 4.69) is 4.98 Å². The SMILES string of the molecule is Cc1ccc2c(c1)nc(CCl)n2Cc1ccc(F)c(F)c1. The average Bonchev–Trinajstić information content (AvgIpc) is 2.80. The van der Waals surface area contributed by atoms with Gasteiger partial charge >= 0.3 is 0 Å². The monoisotopic (exact) mass is 306 g/mol. The number of aromatic nitrogens is 2. The van der Waals surface area contributed by atoms with Gasteiger partial charge in [0.1, 0.15) is 5.82 Å². The molecule has 0 saturated carbocycles. The molecule has 2 aromatic carbocycles. The lowest BCUT2D eigenvalue weighted by Crippen LogP contribution is -2.04. The molecule has 0 unspecified atom stereocenters. The standard InChI is InChI=1S/C16H13ClF2N2/c1-10-2-5-15-14(6-10)20-16(8-17)21(15)9-11-3-4-12(18)13(19)7-11/h2-7H,8-9H2,1H3. The van der Waals surface area contributed by atoms with Crippen LogP contribution in [0.2, 0.25) is 0 Å². The Morgan fingerprint density at radius 1 is 1.10 bits per heavy atom. The van der Waals surface area contributed by atoms with Gasteiger partial charge in [-0.05, 0) is 42.3 Å². The normalized spacial score (nSPS) is 11.2. The molecule has 21 heavy (non-hydrogen) atoms. The molecular weight excluding hydrogens is 294 g/mol. The highest BCUT2D eigenvalue weighted by atomic mass is 35.5. The van der Waals surface area contributed by atoms with E-state index in [4.69, 9.17) is 11.6 Å². The molecule has 0 spiro atoms. The minimum absolute atomic E-state index is 0.261. The maximum Gasteiger partial charge on any atom is 0.159 e. The van der Waals surface area contributed by atoms with Gasteiger partial charge in [0.15, 0.2) is 11.6 Å². The van der Waals surface area contributed by atoms with Gasteiger partial charge in [-0.3, -0.25) is 0 Å². The van der Waals surface area contributed by atoms with Crippen LogP contribution in [-0.2, 0) is 12.4 Å². The molecule has 0 saturated heterocycles. The summed E-state index contributed by atoms with van der Waals surface area (Å²) in [6.45, 7) is 2.40. The summed E-state index contributed by atoms with van der Waals surface area (Å²) in [6, 6.07) is 9.84. The van der Waals surface area contributed by atoms with Gasteiger partial charge in [-0.2, -0.15) is 0 Å². The van der Waals surface area contributed by atoms with Crippen LogP contribution >= 0.6 is 11.6 Å². The molecule has 0 N–H and O–H groups in total. The molecule has 3 aromatic rings. The predicted octanol–water partition coefficient (Wildman–Crippen LogP) is 4.41. The maximum absolute atomic E-state index is 13.3. The highest BCUT2D eigenvalue weighted by molar-refractivity contribution is 6.16. The number of nitrogens with zero attached hydrogens (tertiary/aromatic N) is 2. The van der Waals surface area contributed by atoms with Gasteiger partial charge in [0, 0.05) is 6.54 Å². The van der Waals surface area contributed by atoms with Crippen LogP contribution < -0.4 is 0 Å². The molecule has 1 heterocycles. The van der Waals surface area contributed by atoms with E-state index in [0.717, 1.165) is 22.7 Å². The van der Waals surface area contributed by atoms with E-state index in [1.165, 1.54) is 6.07 Å². The van der Waals surface area contributed by atoms with Crippen LogP contribution in [-0.4, -0.2) is 9.55 Å². The van der Waals surface area contributed by atoms with Crippen LogP contribution in [0.4, 0.5) is 8.78 Å². The molecular formula is C16H13ClF2N2. The number of rotatable bonds is 3. The number of fused-ring (bicyclic) bond motifs is 1. The Bertz CT molecular complexity index is 811. The van der Waals surface area contributed by atoms with Crippen molar-refractivity contribution in [3.63, 3.8) is 0 Å². The molecule has 0 aliphatic rings. The zero-order valence-electron chi connectivity index (χ0n) is 11.4. The molecule has 0 radical (unpaired) electrons. The van der Waals surface area contributed by atoms with Crippen LogP contribution in [0.25, 0.3) is 11.0 Å². The third kappa shape index (κ3) is 2.63. The fourth-order valence-electron chi connectivity index (χ4n) is 2.39. The summed E-state index contributed by atoms with van der Waals surface area (Å²) in [7, 11) is 0. The van der Waals surface area contributed by atoms with Crippen molar-refractivity contribution >= 4 is 22.6 Å². The van der Waals surface area contributed by atoms with Crippen molar-refractivity contribution in [2.75, 3.05) is 0 Å². The highest BCUT2D eigenvalue weighted by Gasteiger charge is 2.11. The summed E-state index contributed by atoms with van der Waals surface area (Å²) in [5.74, 6) is -0.721. The maximum atomic E-state index is 13.3. The van der Waals surface area contributed by atoms with Crippen molar-refractivity contribution in [3.8, 4) is 0 Å². The van der Waals surface area contributed by atoms with E-state index in [0.29, 0.717) is 17.9 Å². The first-order valence-electron chi connectivity index (χ1n) is 6.54. The summed E-state index contributed by atoms with van der Waals surface area (Å²) in [4.78, 5) is 4.49. The van der Waals surface area contributed by atoms with Crippen molar-refractivity contribution < 1.29 is 8.78 Å². The number of benzene rings is 2. The Morgan fingerprint density at radius 2 is 1.90 bits per heavy atom. The second kappa shape index (κ2) is 5.45. The molecule has 0 amide bonds. The molecule has 0 aliphatic carbocycles. The molecule has 0 atom stereocenters. The fourth-order valence-corrected chi connectivity index (χ4v) is 2.59. The zero-order valence-corrected chi connectivity index (χ0v) is 12.2. The Morgan fingerprint density at radius 3 is 2.62 bits per heavy atom. The van der Waals surface area contributed by atoms with Crippen molar-refractivity contribution in [1.82, 2.24) is 9.55 Å². The molecule has 0 bridgehead atoms. The molecule has 3 rings (SSSR count). The van der Waals surface area contributed by atoms with Gasteiger partial charge in [-0.25, -0.2) is 13.8 Å².